The zero-order valence-corrected chi connectivity index (χ0v) is 13.0. The van der Waals surface area contributed by atoms with E-state index in [9.17, 15) is 18.8 Å². The zero-order valence-electron chi connectivity index (χ0n) is 12.3. The van der Waals surface area contributed by atoms with Gasteiger partial charge in [-0.25, -0.2) is 4.39 Å². The van der Waals surface area contributed by atoms with Gasteiger partial charge in [-0.1, -0.05) is 11.6 Å². The fraction of sp³-hybridized carbons (Fsp3) is 0.0667. The Labute approximate surface area is 140 Å². The van der Waals surface area contributed by atoms with E-state index in [0.29, 0.717) is 0 Å². The van der Waals surface area contributed by atoms with Gasteiger partial charge in [-0.05, 0) is 24.3 Å². The number of anilines is 1. The summed E-state index contributed by atoms with van der Waals surface area (Å²) >= 11 is 5.93. The number of amides is 2. The molecule has 0 bridgehead atoms. The molecule has 0 saturated heterocycles. The van der Waals surface area contributed by atoms with Crippen LogP contribution in [0.2, 0.25) is 5.15 Å². The third-order valence-electron chi connectivity index (χ3n) is 3.20. The summed E-state index contributed by atoms with van der Waals surface area (Å²) in [6.45, 7) is 0. The number of nitriles is 1. The maximum Gasteiger partial charge on any atom is 0.289 e. The van der Waals surface area contributed by atoms with E-state index in [-0.39, 0.29) is 27.7 Å². The highest BCUT2D eigenvalue weighted by Gasteiger charge is 2.24. The molecule has 24 heavy (non-hydrogen) atoms. The molecule has 2 rings (SSSR count). The molecule has 1 aromatic heterocycles. The van der Waals surface area contributed by atoms with Gasteiger partial charge in [-0.15, -0.1) is 0 Å². The summed E-state index contributed by atoms with van der Waals surface area (Å²) in [6, 6.07) is 6.24. The number of rotatable bonds is 4. The van der Waals surface area contributed by atoms with Crippen LogP contribution in [0.4, 0.5) is 10.1 Å². The Morgan fingerprint density at radius 2 is 2.00 bits per heavy atom. The molecule has 9 heteroatoms. The molecule has 0 fully saturated rings. The summed E-state index contributed by atoms with van der Waals surface area (Å²) in [6.07, 6.45) is 0. The minimum Gasteiger partial charge on any atom is -0.363 e. The van der Waals surface area contributed by atoms with E-state index in [2.05, 4.69) is 5.32 Å². The van der Waals surface area contributed by atoms with Crippen molar-refractivity contribution in [3.8, 4) is 6.07 Å². The van der Waals surface area contributed by atoms with E-state index in [1.807, 2.05) is 0 Å². The summed E-state index contributed by atoms with van der Waals surface area (Å²) in [5, 5.41) is 11.1. The third-order valence-corrected chi connectivity index (χ3v) is 3.66. The van der Waals surface area contributed by atoms with Crippen LogP contribution < -0.4 is 11.1 Å². The number of nitrogens with zero attached hydrogens (tertiary/aromatic N) is 2. The van der Waals surface area contributed by atoms with E-state index >= 15 is 0 Å². The summed E-state index contributed by atoms with van der Waals surface area (Å²) in [5.41, 5.74) is 4.64. The van der Waals surface area contributed by atoms with Crippen molar-refractivity contribution >= 4 is 34.9 Å². The van der Waals surface area contributed by atoms with Crippen molar-refractivity contribution in [3.05, 3.63) is 52.1 Å². The third kappa shape index (κ3) is 3.11. The molecule has 3 N–H and O–H groups in total. The number of ketones is 1. The number of nitrogens with one attached hydrogen (secondary N) is 1. The lowest BCUT2D eigenvalue weighted by molar-refractivity contribution is -0.114. The lowest BCUT2D eigenvalue weighted by Crippen LogP contribution is -2.23. The fourth-order valence-corrected chi connectivity index (χ4v) is 2.20. The van der Waals surface area contributed by atoms with Gasteiger partial charge >= 0.3 is 0 Å². The van der Waals surface area contributed by atoms with E-state index in [1.54, 1.807) is 6.07 Å². The van der Waals surface area contributed by atoms with E-state index in [1.165, 1.54) is 17.7 Å². The monoisotopic (exact) mass is 348 g/mol. The van der Waals surface area contributed by atoms with Crippen molar-refractivity contribution in [2.45, 2.75) is 0 Å². The second kappa shape index (κ2) is 6.52. The van der Waals surface area contributed by atoms with E-state index < -0.39 is 23.4 Å². The number of halogens is 2. The van der Waals surface area contributed by atoms with Crippen LogP contribution >= 0.6 is 11.6 Å². The highest BCUT2D eigenvalue weighted by Crippen LogP contribution is 2.22. The summed E-state index contributed by atoms with van der Waals surface area (Å²) in [7, 11) is 1.42. The lowest BCUT2D eigenvalue weighted by atomic mass is 10.2. The maximum absolute atomic E-state index is 13.3. The molecule has 1 aromatic carbocycles. The average Bonchev–Trinajstić information content (AvgIpc) is 2.84. The molecule has 0 aliphatic rings. The number of carbonyl (C=O) groups excluding carboxylic acids is 3. The second-order valence-electron chi connectivity index (χ2n) is 4.75. The normalized spacial score (nSPS) is 10.1. The minimum atomic E-state index is -1.20. The first-order valence-electron chi connectivity index (χ1n) is 6.46. The van der Waals surface area contributed by atoms with Crippen LogP contribution in [0.25, 0.3) is 0 Å². The number of primary amides is 1. The van der Waals surface area contributed by atoms with Crippen molar-refractivity contribution in [1.82, 2.24) is 4.57 Å². The minimum absolute atomic E-state index is 0.0209. The van der Waals surface area contributed by atoms with Crippen LogP contribution in [0, 0.1) is 17.1 Å². The molecule has 0 saturated carbocycles. The number of aromatic nitrogens is 1. The van der Waals surface area contributed by atoms with Gasteiger partial charge < -0.3 is 15.6 Å². The molecule has 0 atom stereocenters. The van der Waals surface area contributed by atoms with Crippen molar-refractivity contribution in [3.63, 3.8) is 0 Å². The van der Waals surface area contributed by atoms with Crippen LogP contribution in [-0.4, -0.2) is 22.2 Å². The van der Waals surface area contributed by atoms with Gasteiger partial charge in [-0.2, -0.15) is 5.26 Å². The smallest absolute Gasteiger partial charge is 0.289 e. The maximum atomic E-state index is 13.3. The summed E-state index contributed by atoms with van der Waals surface area (Å²) < 4.78 is 14.5. The van der Waals surface area contributed by atoms with Gasteiger partial charge in [0.2, 0.25) is 0 Å². The number of nitrogens with two attached hydrogens (primary N) is 1. The summed E-state index contributed by atoms with van der Waals surface area (Å²) in [5.74, 6) is -3.61. The molecule has 0 unspecified atom stereocenters. The molecule has 122 valence electrons. The highest BCUT2D eigenvalue weighted by molar-refractivity contribution is 6.46. The van der Waals surface area contributed by atoms with Crippen LogP contribution in [0.15, 0.2) is 24.3 Å². The Kier molecular flexibility index (Phi) is 4.66. The largest absolute Gasteiger partial charge is 0.363 e. The van der Waals surface area contributed by atoms with Gasteiger partial charge in [-0.3, -0.25) is 14.4 Å². The first kappa shape index (κ1) is 17.2. The molecule has 2 aromatic rings. The van der Waals surface area contributed by atoms with Crippen LogP contribution in [0.5, 0.6) is 0 Å². The molecule has 0 aliphatic carbocycles. The molecule has 0 aliphatic heterocycles. The quantitative estimate of drug-likeness (QED) is 0.644. The Balaban J connectivity index is 2.34. The molecular weight excluding hydrogens is 339 g/mol. The standard InChI is InChI=1S/C15H10ClFN4O3/c1-21-11(5-9(13(21)16)12(22)14(19)23)15(24)20-8-2-3-10(17)7(4-8)6-18/h2-5H,1H3,(H2,19,23)(H,20,24). The first-order chi connectivity index (χ1) is 11.3. The topological polar surface area (TPSA) is 118 Å². The molecule has 7 nitrogen and oxygen atoms in total. The Hall–Kier alpha value is -3.18. The number of benzene rings is 1. The highest BCUT2D eigenvalue weighted by atomic mass is 35.5. The van der Waals surface area contributed by atoms with Crippen molar-refractivity contribution in [1.29, 1.82) is 5.26 Å². The number of Topliss-reactive ketones (excluding diaryl/α,β-unsaturated/α-hetero) is 1. The van der Waals surface area contributed by atoms with Crippen LogP contribution in [0.3, 0.4) is 0 Å². The lowest BCUT2D eigenvalue weighted by Gasteiger charge is -2.07. The molecule has 0 spiro atoms. The van der Waals surface area contributed by atoms with E-state index in [4.69, 9.17) is 22.6 Å². The molecule has 1 heterocycles. The predicted molar refractivity (Wildman–Crippen MR) is 83.0 cm³/mol. The summed E-state index contributed by atoms with van der Waals surface area (Å²) in [4.78, 5) is 34.9. The van der Waals surface area contributed by atoms with Gasteiger partial charge in [0, 0.05) is 12.7 Å². The fourth-order valence-electron chi connectivity index (χ4n) is 1.97. The van der Waals surface area contributed by atoms with E-state index in [0.717, 1.165) is 18.2 Å². The molecule has 0 radical (unpaired) electrons. The zero-order chi connectivity index (χ0) is 18.0. The van der Waals surface area contributed by atoms with Gasteiger partial charge in [0.1, 0.15) is 22.7 Å². The van der Waals surface area contributed by atoms with Crippen LogP contribution in [-0.2, 0) is 11.8 Å². The molecule has 2 amide bonds. The number of carbonyl (C=O) groups is 3. The molecular formula is C15H10ClFN4O3. The first-order valence-corrected chi connectivity index (χ1v) is 6.84. The second-order valence-corrected chi connectivity index (χ2v) is 5.11. The van der Waals surface area contributed by atoms with Crippen LogP contribution in [0.1, 0.15) is 26.4 Å². The van der Waals surface area contributed by atoms with Gasteiger partial charge in [0.05, 0.1) is 11.1 Å². The number of hydrogen-bond acceptors (Lipinski definition) is 4. The SMILES string of the molecule is Cn1c(C(=O)Nc2ccc(F)c(C#N)c2)cc(C(=O)C(N)=O)c1Cl. The Morgan fingerprint density at radius 3 is 2.58 bits per heavy atom. The predicted octanol–water partition coefficient (Wildman–Crippen LogP) is 1.61. The Morgan fingerprint density at radius 1 is 1.33 bits per heavy atom. The van der Waals surface area contributed by atoms with Crippen molar-refractivity contribution in [2.75, 3.05) is 5.32 Å². The van der Waals surface area contributed by atoms with Gasteiger partial charge in [0.15, 0.2) is 0 Å². The van der Waals surface area contributed by atoms with Gasteiger partial charge in [0.25, 0.3) is 17.6 Å². The Bertz CT molecular complexity index is 914. The van der Waals surface area contributed by atoms with Crippen molar-refractivity contribution < 1.29 is 18.8 Å². The number of hydrogen-bond donors (Lipinski definition) is 2. The van der Waals surface area contributed by atoms with Crippen molar-refractivity contribution in [2.24, 2.45) is 12.8 Å². The average molecular weight is 349 g/mol.